The number of hydrogen-bond acceptors (Lipinski definition) is 6. The van der Waals surface area contributed by atoms with E-state index in [-0.39, 0.29) is 35.8 Å². The van der Waals surface area contributed by atoms with Gasteiger partial charge < -0.3 is 19.5 Å². The van der Waals surface area contributed by atoms with Crippen molar-refractivity contribution in [1.29, 1.82) is 0 Å². The van der Waals surface area contributed by atoms with E-state index in [0.717, 1.165) is 19.2 Å². The predicted molar refractivity (Wildman–Crippen MR) is 127 cm³/mol. The topological polar surface area (TPSA) is 79.3 Å². The summed E-state index contributed by atoms with van der Waals surface area (Å²) in [5.41, 5.74) is 0.354. The Balaban J connectivity index is 0.00000342. The molecule has 2 saturated heterocycles. The number of Topliss-reactive ketones (excluding diaryl/α,β-unsaturated/α-hetero) is 1. The third-order valence-electron chi connectivity index (χ3n) is 6.13. The Morgan fingerprint density at radius 2 is 1.77 bits per heavy atom. The molecule has 1 unspecified atom stereocenters. The minimum atomic E-state index is -0.921. The average molecular weight is 509 g/mol. The van der Waals surface area contributed by atoms with E-state index in [1.54, 1.807) is 0 Å². The summed E-state index contributed by atoms with van der Waals surface area (Å²) in [5.74, 6) is -3.32. The number of rotatable bonds is 7. The lowest BCUT2D eigenvalue weighted by Crippen LogP contribution is -2.38. The molecule has 35 heavy (non-hydrogen) atoms. The molecule has 10 heteroatoms. The van der Waals surface area contributed by atoms with Gasteiger partial charge in [0.1, 0.15) is 11.6 Å². The highest BCUT2D eigenvalue weighted by Crippen LogP contribution is 2.40. The minimum absolute atomic E-state index is 0. The summed E-state index contributed by atoms with van der Waals surface area (Å²) in [7, 11) is 1.31. The summed E-state index contributed by atoms with van der Waals surface area (Å²) in [6.45, 7) is 3.87. The number of benzene rings is 2. The zero-order valence-electron chi connectivity index (χ0n) is 19.2. The molecule has 1 amide bonds. The molecule has 2 aromatic rings. The first-order chi connectivity index (χ1) is 16.4. The quantitative estimate of drug-likeness (QED) is 0.350. The van der Waals surface area contributed by atoms with Gasteiger partial charge in [0.2, 0.25) is 0 Å². The van der Waals surface area contributed by atoms with Gasteiger partial charge in [0.05, 0.1) is 31.9 Å². The van der Waals surface area contributed by atoms with Gasteiger partial charge in [0, 0.05) is 31.7 Å². The van der Waals surface area contributed by atoms with Crippen LogP contribution in [-0.4, -0.2) is 73.1 Å². The lowest BCUT2D eigenvalue weighted by atomic mass is 9.95. The number of nitrogens with zero attached hydrogens (tertiary/aromatic N) is 2. The maximum atomic E-state index is 14.3. The number of morpholine rings is 1. The second kappa shape index (κ2) is 11.6. The van der Waals surface area contributed by atoms with E-state index in [1.165, 1.54) is 48.4 Å². The second-order valence-corrected chi connectivity index (χ2v) is 8.20. The van der Waals surface area contributed by atoms with Gasteiger partial charge in [-0.15, -0.1) is 12.4 Å². The smallest absolute Gasteiger partial charge is 0.295 e. The molecular formula is C25H27ClF2N2O5. The molecule has 1 atom stereocenters. The largest absolute Gasteiger partial charge is 0.507 e. The lowest BCUT2D eigenvalue weighted by Gasteiger charge is -2.29. The summed E-state index contributed by atoms with van der Waals surface area (Å²) in [6.07, 6.45) is 0.599. The van der Waals surface area contributed by atoms with Crippen LogP contribution >= 0.6 is 12.4 Å². The standard InChI is InChI=1S/C25H26F2N2O5.ClH/c1-33-20-8-5-17(15-19(20)27)23(30)21-22(16-3-6-18(26)7-4-16)29(25(32)24(21)31)10-2-9-28-11-13-34-14-12-28;/h3-8,15,22,30H,2,9-14H2,1H3;1H. The summed E-state index contributed by atoms with van der Waals surface area (Å²) in [6, 6.07) is 8.27. The van der Waals surface area contributed by atoms with Crippen LogP contribution in [0.2, 0.25) is 0 Å². The fourth-order valence-electron chi connectivity index (χ4n) is 4.36. The van der Waals surface area contributed by atoms with Crippen molar-refractivity contribution in [3.63, 3.8) is 0 Å². The normalized spacial score (nSPS) is 20.1. The summed E-state index contributed by atoms with van der Waals surface area (Å²) in [5, 5.41) is 11.0. The molecular weight excluding hydrogens is 482 g/mol. The number of aliphatic hydroxyl groups excluding tert-OH is 1. The van der Waals surface area contributed by atoms with Gasteiger partial charge in [-0.05, 0) is 42.3 Å². The van der Waals surface area contributed by atoms with Crippen LogP contribution in [0.25, 0.3) is 5.76 Å². The van der Waals surface area contributed by atoms with Crippen LogP contribution in [0.15, 0.2) is 48.0 Å². The zero-order valence-corrected chi connectivity index (χ0v) is 20.0. The molecule has 0 radical (unpaired) electrons. The number of likely N-dealkylation sites (tertiary alicyclic amines) is 1. The van der Waals surface area contributed by atoms with Crippen LogP contribution in [0.3, 0.4) is 0 Å². The van der Waals surface area contributed by atoms with Crippen LogP contribution in [0.4, 0.5) is 8.78 Å². The molecule has 2 aliphatic heterocycles. The van der Waals surface area contributed by atoms with Gasteiger partial charge in [-0.25, -0.2) is 8.78 Å². The average Bonchev–Trinajstić information content (AvgIpc) is 3.09. The van der Waals surface area contributed by atoms with Crippen LogP contribution in [0.1, 0.15) is 23.6 Å². The monoisotopic (exact) mass is 508 g/mol. The summed E-state index contributed by atoms with van der Waals surface area (Å²) in [4.78, 5) is 29.6. The van der Waals surface area contributed by atoms with Crippen molar-refractivity contribution in [2.45, 2.75) is 12.5 Å². The predicted octanol–water partition coefficient (Wildman–Crippen LogP) is 3.54. The van der Waals surface area contributed by atoms with E-state index < -0.39 is 35.1 Å². The number of ether oxygens (including phenoxy) is 2. The second-order valence-electron chi connectivity index (χ2n) is 8.20. The molecule has 188 valence electrons. The van der Waals surface area contributed by atoms with Gasteiger partial charge in [0.15, 0.2) is 11.6 Å². The molecule has 2 heterocycles. The van der Waals surface area contributed by atoms with E-state index >= 15 is 0 Å². The highest BCUT2D eigenvalue weighted by atomic mass is 35.5. The number of carbonyl (C=O) groups excluding carboxylic acids is 2. The molecule has 4 rings (SSSR count). The summed E-state index contributed by atoms with van der Waals surface area (Å²) >= 11 is 0. The van der Waals surface area contributed by atoms with Crippen LogP contribution < -0.4 is 4.74 Å². The van der Waals surface area contributed by atoms with Gasteiger partial charge in [-0.3, -0.25) is 14.5 Å². The SMILES string of the molecule is COc1ccc(C(O)=C2C(=O)C(=O)N(CCCN3CCOCC3)C2c2ccc(F)cc2)cc1F.Cl. The first-order valence-corrected chi connectivity index (χ1v) is 11.1. The number of amides is 1. The highest BCUT2D eigenvalue weighted by Gasteiger charge is 2.45. The Morgan fingerprint density at radius 3 is 2.40 bits per heavy atom. The fraction of sp³-hybridized carbons (Fsp3) is 0.360. The van der Waals surface area contributed by atoms with Crippen molar-refractivity contribution in [1.82, 2.24) is 9.80 Å². The first kappa shape index (κ1) is 26.6. The van der Waals surface area contributed by atoms with E-state index in [4.69, 9.17) is 9.47 Å². The molecule has 0 aromatic heterocycles. The Hall–Kier alpha value is -3.01. The molecule has 0 saturated carbocycles. The van der Waals surface area contributed by atoms with E-state index in [2.05, 4.69) is 4.90 Å². The maximum Gasteiger partial charge on any atom is 0.295 e. The third kappa shape index (κ3) is 5.63. The van der Waals surface area contributed by atoms with Crippen LogP contribution in [-0.2, 0) is 14.3 Å². The van der Waals surface area contributed by atoms with Gasteiger partial charge in [-0.2, -0.15) is 0 Å². The number of aliphatic hydroxyl groups is 1. The van der Waals surface area contributed by atoms with Gasteiger partial charge >= 0.3 is 0 Å². The Kier molecular flexibility index (Phi) is 8.82. The Labute approximate surface area is 208 Å². The Morgan fingerprint density at radius 1 is 1.09 bits per heavy atom. The molecule has 7 nitrogen and oxygen atoms in total. The van der Waals surface area contributed by atoms with Gasteiger partial charge in [-0.1, -0.05) is 12.1 Å². The molecule has 0 spiro atoms. The van der Waals surface area contributed by atoms with Crippen LogP contribution in [0.5, 0.6) is 5.75 Å². The first-order valence-electron chi connectivity index (χ1n) is 11.1. The van der Waals surface area contributed by atoms with Crippen LogP contribution in [0, 0.1) is 11.6 Å². The summed E-state index contributed by atoms with van der Waals surface area (Å²) < 4.78 is 38.1. The highest BCUT2D eigenvalue weighted by molar-refractivity contribution is 6.46. The minimum Gasteiger partial charge on any atom is -0.507 e. The molecule has 2 aliphatic rings. The van der Waals surface area contributed by atoms with Gasteiger partial charge in [0.25, 0.3) is 11.7 Å². The molecule has 0 bridgehead atoms. The number of hydrogen-bond donors (Lipinski definition) is 1. The van der Waals surface area contributed by atoms with Crippen molar-refractivity contribution < 1.29 is 33.0 Å². The number of methoxy groups -OCH3 is 1. The van der Waals surface area contributed by atoms with Crippen molar-refractivity contribution in [2.24, 2.45) is 0 Å². The van der Waals surface area contributed by atoms with E-state index in [1.807, 2.05) is 0 Å². The zero-order chi connectivity index (χ0) is 24.2. The molecule has 2 aromatic carbocycles. The van der Waals surface area contributed by atoms with Crippen molar-refractivity contribution in [3.8, 4) is 5.75 Å². The van der Waals surface area contributed by atoms with Crippen molar-refractivity contribution in [3.05, 3.63) is 70.8 Å². The van der Waals surface area contributed by atoms with Crippen molar-refractivity contribution >= 4 is 29.9 Å². The lowest BCUT2D eigenvalue weighted by molar-refractivity contribution is -0.140. The van der Waals surface area contributed by atoms with E-state index in [9.17, 15) is 23.5 Å². The maximum absolute atomic E-state index is 14.3. The number of halogens is 3. The number of ketones is 1. The molecule has 2 fully saturated rings. The van der Waals surface area contributed by atoms with E-state index in [0.29, 0.717) is 31.7 Å². The fourth-order valence-corrected chi connectivity index (χ4v) is 4.36. The Bertz CT molecular complexity index is 1100. The van der Waals surface area contributed by atoms with Crippen molar-refractivity contribution in [2.75, 3.05) is 46.5 Å². The molecule has 1 N–H and O–H groups in total. The number of carbonyl (C=O) groups is 2. The third-order valence-corrected chi connectivity index (χ3v) is 6.13. The molecule has 0 aliphatic carbocycles.